The van der Waals surface area contributed by atoms with E-state index >= 15 is 0 Å². The molecular weight excluding hydrogens is 288 g/mol. The first-order chi connectivity index (χ1) is 11.3. The summed E-state index contributed by atoms with van der Waals surface area (Å²) in [5, 5.41) is 4.72. The molecule has 118 valence electrons. The maximum absolute atomic E-state index is 12.6. The summed E-state index contributed by atoms with van der Waals surface area (Å²) in [6, 6.07) is 9.76. The van der Waals surface area contributed by atoms with Gasteiger partial charge in [0.2, 0.25) is 0 Å². The van der Waals surface area contributed by atoms with Crippen molar-refractivity contribution >= 4 is 5.52 Å². The van der Waals surface area contributed by atoms with Gasteiger partial charge in [0.05, 0.1) is 5.69 Å². The normalized spacial score (nSPS) is 15.5. The summed E-state index contributed by atoms with van der Waals surface area (Å²) in [6.45, 7) is 2.03. The van der Waals surface area contributed by atoms with E-state index in [1.807, 2.05) is 37.3 Å². The second kappa shape index (κ2) is 5.65. The summed E-state index contributed by atoms with van der Waals surface area (Å²) >= 11 is 0. The minimum absolute atomic E-state index is 0.104. The summed E-state index contributed by atoms with van der Waals surface area (Å²) in [5.74, 6) is 1.97. The fourth-order valence-corrected chi connectivity index (χ4v) is 3.52. The minimum atomic E-state index is -0.104. The van der Waals surface area contributed by atoms with Gasteiger partial charge in [-0.25, -0.2) is 9.50 Å². The maximum Gasteiger partial charge on any atom is 0.277 e. The molecule has 1 N–H and O–H groups in total. The zero-order valence-corrected chi connectivity index (χ0v) is 13.2. The van der Waals surface area contributed by atoms with Crippen molar-refractivity contribution in [2.24, 2.45) is 0 Å². The Morgan fingerprint density at radius 2 is 1.96 bits per heavy atom. The first kappa shape index (κ1) is 14.2. The molecule has 1 fully saturated rings. The van der Waals surface area contributed by atoms with Gasteiger partial charge in [0.15, 0.2) is 11.3 Å². The van der Waals surface area contributed by atoms with Gasteiger partial charge in [-0.2, -0.15) is 0 Å². The maximum atomic E-state index is 12.6. The van der Waals surface area contributed by atoms with Crippen molar-refractivity contribution in [2.75, 3.05) is 0 Å². The Labute approximate surface area is 134 Å². The van der Waals surface area contributed by atoms with Crippen LogP contribution in [0.5, 0.6) is 0 Å². The van der Waals surface area contributed by atoms with Gasteiger partial charge < -0.3 is 4.98 Å². The van der Waals surface area contributed by atoms with Crippen LogP contribution in [0.15, 0.2) is 35.1 Å². The molecule has 3 aromatic rings. The first-order valence-corrected chi connectivity index (χ1v) is 8.35. The fraction of sp³-hybridized carbons (Fsp3) is 0.389. The predicted molar refractivity (Wildman–Crippen MR) is 89.6 cm³/mol. The molecule has 1 aliphatic carbocycles. The van der Waals surface area contributed by atoms with Gasteiger partial charge in [-0.1, -0.05) is 50.1 Å². The number of aromatic amines is 1. The molecule has 0 radical (unpaired) electrons. The number of aryl methyl sites for hydroxylation is 1. The van der Waals surface area contributed by atoms with Gasteiger partial charge in [0.1, 0.15) is 5.82 Å². The number of aromatic nitrogens is 4. The molecule has 1 saturated carbocycles. The van der Waals surface area contributed by atoms with Crippen LogP contribution in [0, 0.1) is 0 Å². The minimum Gasteiger partial charge on any atom is -0.303 e. The van der Waals surface area contributed by atoms with Gasteiger partial charge in [-0.05, 0) is 19.3 Å². The van der Waals surface area contributed by atoms with Gasteiger partial charge in [0, 0.05) is 11.5 Å². The van der Waals surface area contributed by atoms with E-state index < -0.39 is 0 Å². The Morgan fingerprint density at radius 1 is 1.22 bits per heavy atom. The number of hydrogen-bond donors (Lipinski definition) is 1. The molecule has 0 unspecified atom stereocenters. The largest absolute Gasteiger partial charge is 0.303 e. The molecule has 5 heteroatoms. The lowest BCUT2D eigenvalue weighted by Gasteiger charge is -2.08. The van der Waals surface area contributed by atoms with Crippen molar-refractivity contribution in [1.82, 2.24) is 19.6 Å². The molecule has 23 heavy (non-hydrogen) atoms. The van der Waals surface area contributed by atoms with E-state index in [4.69, 9.17) is 10.1 Å². The van der Waals surface area contributed by atoms with E-state index in [0.717, 1.165) is 36.3 Å². The fourth-order valence-electron chi connectivity index (χ4n) is 3.52. The molecule has 0 bridgehead atoms. The Morgan fingerprint density at radius 3 is 2.65 bits per heavy atom. The number of H-pyrrole nitrogens is 1. The molecule has 1 aliphatic rings. The summed E-state index contributed by atoms with van der Waals surface area (Å²) in [6.07, 6.45) is 5.48. The van der Waals surface area contributed by atoms with Crippen molar-refractivity contribution in [2.45, 2.75) is 44.9 Å². The predicted octanol–water partition coefficient (Wildman–Crippen LogP) is 3.30. The van der Waals surface area contributed by atoms with Crippen LogP contribution >= 0.6 is 0 Å². The molecule has 2 heterocycles. The molecule has 4 rings (SSSR count). The van der Waals surface area contributed by atoms with Crippen LogP contribution in [0.25, 0.3) is 16.9 Å². The highest BCUT2D eigenvalue weighted by Crippen LogP contribution is 2.34. The summed E-state index contributed by atoms with van der Waals surface area (Å²) in [7, 11) is 0. The highest BCUT2D eigenvalue weighted by atomic mass is 16.1. The number of fused-ring (bicyclic) bond motifs is 1. The topological polar surface area (TPSA) is 63.1 Å². The monoisotopic (exact) mass is 308 g/mol. The lowest BCUT2D eigenvalue weighted by molar-refractivity contribution is 0.639. The Hall–Kier alpha value is -2.43. The van der Waals surface area contributed by atoms with Crippen molar-refractivity contribution in [3.8, 4) is 11.4 Å². The molecule has 0 spiro atoms. The van der Waals surface area contributed by atoms with Gasteiger partial charge in [-0.15, -0.1) is 5.10 Å². The number of nitrogens with one attached hydrogen (secondary N) is 1. The highest BCUT2D eigenvalue weighted by Gasteiger charge is 2.25. The van der Waals surface area contributed by atoms with Gasteiger partial charge >= 0.3 is 0 Å². The number of benzene rings is 1. The number of hydrogen-bond acceptors (Lipinski definition) is 3. The lowest BCUT2D eigenvalue weighted by Crippen LogP contribution is -2.16. The van der Waals surface area contributed by atoms with E-state index in [0.29, 0.717) is 17.3 Å². The summed E-state index contributed by atoms with van der Waals surface area (Å²) in [5.41, 5.74) is 2.26. The van der Waals surface area contributed by atoms with Crippen LogP contribution in [-0.2, 0) is 6.42 Å². The van der Waals surface area contributed by atoms with Gasteiger partial charge in [0.25, 0.3) is 5.56 Å². The van der Waals surface area contributed by atoms with E-state index in [1.165, 1.54) is 12.8 Å². The zero-order chi connectivity index (χ0) is 15.8. The zero-order valence-electron chi connectivity index (χ0n) is 13.2. The lowest BCUT2D eigenvalue weighted by atomic mass is 10.1. The SMILES string of the molecule is CCc1nc(C2CCCC2)n2nc(-c3ccccc3)[nH]c(=O)c12. The molecule has 0 atom stereocenters. The Balaban J connectivity index is 1.96. The second-order valence-corrected chi connectivity index (χ2v) is 6.18. The number of imidazole rings is 1. The van der Waals surface area contributed by atoms with Crippen LogP contribution in [0.1, 0.15) is 50.0 Å². The molecule has 2 aromatic heterocycles. The van der Waals surface area contributed by atoms with Crippen molar-refractivity contribution in [1.29, 1.82) is 0 Å². The molecule has 5 nitrogen and oxygen atoms in total. The highest BCUT2D eigenvalue weighted by molar-refractivity contribution is 5.58. The Kier molecular flexibility index (Phi) is 3.48. The second-order valence-electron chi connectivity index (χ2n) is 6.18. The average molecular weight is 308 g/mol. The molecule has 0 amide bonds. The number of nitrogens with zero attached hydrogens (tertiary/aromatic N) is 3. The van der Waals surface area contributed by atoms with Crippen LogP contribution in [0.3, 0.4) is 0 Å². The van der Waals surface area contributed by atoms with Crippen molar-refractivity contribution < 1.29 is 0 Å². The molecule has 0 saturated heterocycles. The quantitative estimate of drug-likeness (QED) is 0.807. The smallest absolute Gasteiger partial charge is 0.277 e. The third-order valence-electron chi connectivity index (χ3n) is 4.70. The Bertz CT molecular complexity index is 889. The van der Waals surface area contributed by atoms with Crippen LogP contribution in [0.4, 0.5) is 0 Å². The molecule has 0 aliphatic heterocycles. The van der Waals surface area contributed by atoms with Crippen molar-refractivity contribution in [3.63, 3.8) is 0 Å². The standard InChI is InChI=1S/C18H20N4O/c1-2-14-15-18(23)20-16(12-8-4-3-5-9-12)21-22(15)17(19-14)13-10-6-7-11-13/h3-5,8-9,13H,2,6-7,10-11H2,1H3,(H,20,21,23). The van der Waals surface area contributed by atoms with Crippen LogP contribution in [0.2, 0.25) is 0 Å². The van der Waals surface area contributed by atoms with E-state index in [9.17, 15) is 4.79 Å². The van der Waals surface area contributed by atoms with Crippen LogP contribution in [-0.4, -0.2) is 19.6 Å². The van der Waals surface area contributed by atoms with Crippen LogP contribution < -0.4 is 5.56 Å². The first-order valence-electron chi connectivity index (χ1n) is 8.35. The van der Waals surface area contributed by atoms with Crippen molar-refractivity contribution in [3.05, 3.63) is 52.2 Å². The average Bonchev–Trinajstić information content (AvgIpc) is 3.22. The van der Waals surface area contributed by atoms with E-state index in [-0.39, 0.29) is 5.56 Å². The summed E-state index contributed by atoms with van der Waals surface area (Å²) < 4.78 is 1.80. The third kappa shape index (κ3) is 2.36. The third-order valence-corrected chi connectivity index (χ3v) is 4.70. The summed E-state index contributed by atoms with van der Waals surface area (Å²) in [4.78, 5) is 20.3. The molecular formula is C18H20N4O. The van der Waals surface area contributed by atoms with Gasteiger partial charge in [-0.3, -0.25) is 4.79 Å². The molecule has 1 aromatic carbocycles. The van der Waals surface area contributed by atoms with E-state index in [1.54, 1.807) is 4.52 Å². The van der Waals surface area contributed by atoms with E-state index in [2.05, 4.69) is 4.98 Å². The number of rotatable bonds is 3.